The first-order valence-corrected chi connectivity index (χ1v) is 9.66. The van der Waals surface area contributed by atoms with Gasteiger partial charge in [0, 0.05) is 11.3 Å². The largest absolute Gasteiger partial charge is 0.478 e. The van der Waals surface area contributed by atoms with Gasteiger partial charge in [0.25, 0.3) is 5.91 Å². The zero-order valence-electron chi connectivity index (χ0n) is 17.2. The number of hydrogen-bond donors (Lipinski definition) is 4. The maximum Gasteiger partial charge on any atom is 0.335 e. The lowest BCUT2D eigenvalue weighted by Gasteiger charge is -2.42. The zero-order chi connectivity index (χ0) is 21.6. The van der Waals surface area contributed by atoms with Crippen LogP contribution in [0.15, 0.2) is 42.5 Å². The molecule has 0 fully saturated rings. The molecule has 3 rings (SSSR count). The van der Waals surface area contributed by atoms with E-state index in [0.717, 1.165) is 18.4 Å². The van der Waals surface area contributed by atoms with E-state index in [4.69, 9.17) is 10.8 Å². The van der Waals surface area contributed by atoms with Gasteiger partial charge in [-0.1, -0.05) is 45.9 Å². The van der Waals surface area contributed by atoms with Crippen LogP contribution < -0.4 is 11.1 Å². The molecule has 0 aliphatic heterocycles. The molecule has 0 saturated carbocycles. The molecule has 1 unspecified atom stereocenters. The number of anilines is 1. The summed E-state index contributed by atoms with van der Waals surface area (Å²) >= 11 is 0. The first-order valence-electron chi connectivity index (χ1n) is 9.66. The van der Waals surface area contributed by atoms with Gasteiger partial charge in [0.15, 0.2) is 0 Å². The predicted octanol–water partition coefficient (Wildman–Crippen LogP) is 3.48. The molecule has 1 aliphatic carbocycles. The highest BCUT2D eigenvalue weighted by atomic mass is 16.4. The van der Waals surface area contributed by atoms with Crippen molar-refractivity contribution in [3.8, 4) is 0 Å². The second kappa shape index (κ2) is 6.97. The first kappa shape index (κ1) is 21.0. The molecule has 0 spiro atoms. The van der Waals surface area contributed by atoms with E-state index in [-0.39, 0.29) is 16.4 Å². The van der Waals surface area contributed by atoms with Crippen LogP contribution in [0.3, 0.4) is 0 Å². The molecule has 1 atom stereocenters. The van der Waals surface area contributed by atoms with Crippen LogP contribution in [0.1, 0.15) is 67.6 Å². The predicted molar refractivity (Wildman–Crippen MR) is 112 cm³/mol. The summed E-state index contributed by atoms with van der Waals surface area (Å²) in [5, 5.41) is 22.4. The van der Waals surface area contributed by atoms with Crippen molar-refractivity contribution in [2.45, 2.75) is 57.1 Å². The molecule has 2 aromatic rings. The molecule has 6 heteroatoms. The van der Waals surface area contributed by atoms with Gasteiger partial charge in [-0.25, -0.2) is 4.79 Å². The normalized spacial score (nSPS) is 19.0. The summed E-state index contributed by atoms with van der Waals surface area (Å²) < 4.78 is 0. The van der Waals surface area contributed by atoms with Crippen molar-refractivity contribution in [3.05, 3.63) is 64.7 Å². The summed E-state index contributed by atoms with van der Waals surface area (Å²) in [6, 6.07) is 11.1. The Kier molecular flexibility index (Phi) is 5.05. The Labute approximate surface area is 170 Å². The van der Waals surface area contributed by atoms with Gasteiger partial charge in [0.1, 0.15) is 0 Å². The van der Waals surface area contributed by atoms with Crippen molar-refractivity contribution in [2.75, 3.05) is 5.32 Å². The van der Waals surface area contributed by atoms with Crippen molar-refractivity contribution in [1.82, 2.24) is 0 Å². The van der Waals surface area contributed by atoms with Crippen LogP contribution in [-0.2, 0) is 21.3 Å². The van der Waals surface area contributed by atoms with E-state index in [2.05, 4.69) is 33.0 Å². The van der Waals surface area contributed by atoms with E-state index in [1.165, 1.54) is 29.8 Å². The van der Waals surface area contributed by atoms with Gasteiger partial charge in [0.2, 0.25) is 5.72 Å². The van der Waals surface area contributed by atoms with Gasteiger partial charge in [-0.3, -0.25) is 10.5 Å². The molecule has 6 nitrogen and oxygen atoms in total. The van der Waals surface area contributed by atoms with Crippen LogP contribution in [0.25, 0.3) is 0 Å². The molecule has 0 saturated heterocycles. The number of nitrogens with two attached hydrogens (primary N) is 1. The SMILES string of the molecule is CC1(C)CCC(C)(C)c2cc(C(N)(O)C(=O)Nc3ccc(C(=O)O)cc3)ccc21. The molecule has 1 amide bonds. The highest BCUT2D eigenvalue weighted by Crippen LogP contribution is 2.46. The fourth-order valence-corrected chi connectivity index (χ4v) is 3.88. The van der Waals surface area contributed by atoms with Gasteiger partial charge in [-0.2, -0.15) is 0 Å². The van der Waals surface area contributed by atoms with E-state index in [9.17, 15) is 14.7 Å². The van der Waals surface area contributed by atoms with Gasteiger partial charge in [-0.15, -0.1) is 0 Å². The smallest absolute Gasteiger partial charge is 0.335 e. The Morgan fingerprint density at radius 1 is 0.966 bits per heavy atom. The third-order valence-corrected chi connectivity index (χ3v) is 6.03. The van der Waals surface area contributed by atoms with Crippen LogP contribution in [0.4, 0.5) is 5.69 Å². The van der Waals surface area contributed by atoms with E-state index >= 15 is 0 Å². The van der Waals surface area contributed by atoms with E-state index in [1.54, 1.807) is 6.07 Å². The molecular weight excluding hydrogens is 368 g/mol. The average Bonchev–Trinajstić information content (AvgIpc) is 2.65. The number of benzene rings is 2. The maximum atomic E-state index is 12.7. The van der Waals surface area contributed by atoms with Crippen LogP contribution in [0.2, 0.25) is 0 Å². The Hall–Kier alpha value is -2.70. The number of rotatable bonds is 4. The molecule has 0 bridgehead atoms. The number of aromatic carboxylic acids is 1. The van der Waals surface area contributed by atoms with Crippen LogP contribution in [-0.4, -0.2) is 22.1 Å². The topological polar surface area (TPSA) is 113 Å². The monoisotopic (exact) mass is 396 g/mol. The lowest BCUT2D eigenvalue weighted by atomic mass is 9.63. The van der Waals surface area contributed by atoms with Crippen molar-refractivity contribution < 1.29 is 19.8 Å². The van der Waals surface area contributed by atoms with Crippen molar-refractivity contribution >= 4 is 17.6 Å². The van der Waals surface area contributed by atoms with E-state index < -0.39 is 17.6 Å². The highest BCUT2D eigenvalue weighted by Gasteiger charge is 2.40. The third kappa shape index (κ3) is 3.91. The molecule has 1 aliphatic rings. The van der Waals surface area contributed by atoms with Gasteiger partial charge in [-0.05, 0) is 59.1 Å². The molecule has 0 heterocycles. The zero-order valence-corrected chi connectivity index (χ0v) is 17.2. The summed E-state index contributed by atoms with van der Waals surface area (Å²) in [5.74, 6) is -1.84. The highest BCUT2D eigenvalue weighted by molar-refractivity contribution is 5.98. The minimum Gasteiger partial charge on any atom is -0.478 e. The second-order valence-corrected chi connectivity index (χ2v) is 9.13. The average molecular weight is 396 g/mol. The number of carbonyl (C=O) groups excluding carboxylic acids is 1. The Balaban J connectivity index is 1.91. The number of carboxylic acid groups (broad SMARTS) is 1. The van der Waals surface area contributed by atoms with Crippen molar-refractivity contribution in [2.24, 2.45) is 5.73 Å². The summed E-state index contributed by atoms with van der Waals surface area (Å²) in [6.45, 7) is 8.71. The third-order valence-electron chi connectivity index (χ3n) is 6.03. The van der Waals surface area contributed by atoms with Gasteiger partial charge >= 0.3 is 5.97 Å². The fourth-order valence-electron chi connectivity index (χ4n) is 3.88. The van der Waals surface area contributed by atoms with Gasteiger partial charge < -0.3 is 15.5 Å². The lowest BCUT2D eigenvalue weighted by molar-refractivity contribution is -0.134. The number of carboxylic acids is 1. The van der Waals surface area contributed by atoms with Crippen molar-refractivity contribution in [3.63, 3.8) is 0 Å². The summed E-state index contributed by atoms with van der Waals surface area (Å²) in [5.41, 5.74) is 6.83. The minimum atomic E-state index is -2.22. The summed E-state index contributed by atoms with van der Waals surface area (Å²) in [7, 11) is 0. The number of fused-ring (bicyclic) bond motifs is 1. The number of hydrogen-bond acceptors (Lipinski definition) is 4. The maximum absolute atomic E-state index is 12.7. The first-order chi connectivity index (χ1) is 13.3. The van der Waals surface area contributed by atoms with Crippen LogP contribution in [0.5, 0.6) is 0 Å². The van der Waals surface area contributed by atoms with Crippen LogP contribution in [0, 0.1) is 0 Å². The van der Waals surface area contributed by atoms with Crippen molar-refractivity contribution in [1.29, 1.82) is 0 Å². The molecule has 5 N–H and O–H groups in total. The molecular formula is C23H28N2O4. The van der Waals surface area contributed by atoms with E-state index in [0.29, 0.717) is 11.3 Å². The standard InChI is InChI=1S/C23H28N2O4/c1-21(2)11-12-22(3,4)18-13-15(7-10-17(18)21)23(24,29)20(28)25-16-8-5-14(6-9-16)19(26)27/h5-10,13,29H,11-12,24H2,1-4H3,(H,25,28)(H,26,27). The lowest BCUT2D eigenvalue weighted by Crippen LogP contribution is -2.48. The Morgan fingerprint density at radius 2 is 1.52 bits per heavy atom. The Bertz CT molecular complexity index is 959. The van der Waals surface area contributed by atoms with Gasteiger partial charge in [0.05, 0.1) is 5.56 Å². The molecule has 2 aromatic carbocycles. The Morgan fingerprint density at radius 3 is 2.07 bits per heavy atom. The quantitative estimate of drug-likeness (QED) is 0.591. The fraction of sp³-hybridized carbons (Fsp3) is 0.391. The molecule has 29 heavy (non-hydrogen) atoms. The summed E-state index contributed by atoms with van der Waals surface area (Å²) in [6.07, 6.45) is 2.06. The minimum absolute atomic E-state index is 0.0181. The summed E-state index contributed by atoms with van der Waals surface area (Å²) in [4.78, 5) is 23.7. The second-order valence-electron chi connectivity index (χ2n) is 9.13. The molecule has 0 aromatic heterocycles. The van der Waals surface area contributed by atoms with Crippen LogP contribution >= 0.6 is 0 Å². The van der Waals surface area contributed by atoms with E-state index in [1.807, 2.05) is 12.1 Å². The molecule has 0 radical (unpaired) electrons. The number of nitrogens with one attached hydrogen (secondary N) is 1. The molecule has 154 valence electrons. The number of amides is 1. The number of aliphatic hydroxyl groups is 1. The number of carbonyl (C=O) groups is 2.